The highest BCUT2D eigenvalue weighted by Gasteiger charge is 2.23. The number of ether oxygens (including phenoxy) is 1. The number of halogens is 1. The Bertz CT molecular complexity index is 1010. The summed E-state index contributed by atoms with van der Waals surface area (Å²) >= 11 is 3.20. The Hall–Kier alpha value is -2.87. The number of methoxy groups -OCH3 is 1. The molecule has 0 amide bonds. The quantitative estimate of drug-likeness (QED) is 0.641. The van der Waals surface area contributed by atoms with Crippen molar-refractivity contribution in [2.24, 2.45) is 5.10 Å². The first kappa shape index (κ1) is 16.6. The van der Waals surface area contributed by atoms with Gasteiger partial charge in [-0.05, 0) is 45.3 Å². The lowest BCUT2D eigenvalue weighted by atomic mass is 9.99. The van der Waals surface area contributed by atoms with Gasteiger partial charge in [-0.1, -0.05) is 12.1 Å². The second-order valence-electron chi connectivity index (χ2n) is 5.87. The summed E-state index contributed by atoms with van der Waals surface area (Å²) in [7, 11) is 1.66. The summed E-state index contributed by atoms with van der Waals surface area (Å²) in [6, 6.07) is 15.9. The molecule has 4 rings (SSSR count). The van der Waals surface area contributed by atoms with Crippen LogP contribution in [0.5, 0.6) is 5.75 Å². The highest BCUT2D eigenvalue weighted by atomic mass is 79.9. The van der Waals surface area contributed by atoms with Crippen molar-refractivity contribution in [1.29, 1.82) is 0 Å². The van der Waals surface area contributed by atoms with E-state index in [1.165, 1.54) is 4.68 Å². The second-order valence-corrected chi connectivity index (χ2v) is 6.62. The van der Waals surface area contributed by atoms with Gasteiger partial charge in [-0.25, -0.2) is 4.79 Å². The maximum absolute atomic E-state index is 11.4. The number of H-pyrrole nitrogens is 1. The first-order valence-electron chi connectivity index (χ1n) is 8.01. The molecule has 1 aromatic heterocycles. The fraction of sp³-hybridized carbons (Fsp3) is 0.167. The molecule has 2 heterocycles. The number of nitrogens with zero attached hydrogens (tertiary/aromatic N) is 2. The summed E-state index contributed by atoms with van der Waals surface area (Å²) in [4.78, 5) is 11.4. The van der Waals surface area contributed by atoms with Gasteiger partial charge < -0.3 is 10.2 Å². The van der Waals surface area contributed by atoms with Gasteiger partial charge in [0.25, 0.3) is 0 Å². The van der Waals surface area contributed by atoms with Crippen LogP contribution in [0.1, 0.15) is 23.6 Å². The third-order valence-corrected chi connectivity index (χ3v) is 5.00. The van der Waals surface area contributed by atoms with E-state index in [4.69, 9.17) is 9.26 Å². The summed E-state index contributed by atoms with van der Waals surface area (Å²) in [5.74, 6) is 0.837. The number of hydrazone groups is 1. The largest absolute Gasteiger partial charge is 0.497 e. The highest BCUT2D eigenvalue weighted by Crippen LogP contribution is 2.26. The van der Waals surface area contributed by atoms with Crippen molar-refractivity contribution < 1.29 is 13.9 Å². The van der Waals surface area contributed by atoms with Crippen LogP contribution in [0.25, 0.3) is 5.69 Å². The van der Waals surface area contributed by atoms with Gasteiger partial charge in [0, 0.05) is 34.5 Å². The van der Waals surface area contributed by atoms with Crippen LogP contribution in [0, 0.1) is 0 Å². The number of hydrogen-bond donors (Lipinski definition) is 2. The molecular formula is C18H16BrN4O3+. The molecule has 7 nitrogen and oxygen atoms in total. The van der Waals surface area contributed by atoms with Gasteiger partial charge >= 0.3 is 10.2 Å². The first-order chi connectivity index (χ1) is 12.7. The van der Waals surface area contributed by atoms with Crippen molar-refractivity contribution in [2.75, 3.05) is 7.11 Å². The third kappa shape index (κ3) is 3.03. The van der Waals surface area contributed by atoms with E-state index >= 15 is 0 Å². The fourth-order valence-electron chi connectivity index (χ4n) is 2.88. The standard InChI is InChI=1S/C18H15BrN4O3/c1-25-14-8-4-12(5-9-14)16-10-15(20-21-16)11-2-6-13(7-3-11)23-17(19)18(24)26-22-23/h2-9,16H,10H2,1H3,(H-,21,22,24)/p+1. The topological polar surface area (TPSA) is 83.5 Å². The van der Waals surface area contributed by atoms with Gasteiger partial charge in [-0.3, -0.25) is 4.52 Å². The van der Waals surface area contributed by atoms with Crippen LogP contribution in [0.3, 0.4) is 0 Å². The molecule has 1 aliphatic rings. The fourth-order valence-corrected chi connectivity index (χ4v) is 3.24. The van der Waals surface area contributed by atoms with E-state index in [1.807, 2.05) is 48.5 Å². The molecule has 8 heteroatoms. The predicted octanol–water partition coefficient (Wildman–Crippen LogP) is 2.45. The molecule has 3 aromatic rings. The Balaban J connectivity index is 1.50. The van der Waals surface area contributed by atoms with Crippen molar-refractivity contribution >= 4 is 21.6 Å². The molecule has 0 spiro atoms. The minimum absolute atomic E-state index is 0.143. The van der Waals surface area contributed by atoms with Gasteiger partial charge in [0.15, 0.2) is 0 Å². The van der Waals surface area contributed by atoms with Gasteiger partial charge in [0.1, 0.15) is 5.75 Å². The lowest BCUT2D eigenvalue weighted by Crippen LogP contribution is -2.34. The van der Waals surface area contributed by atoms with E-state index in [2.05, 4.69) is 31.7 Å². The van der Waals surface area contributed by atoms with Crippen molar-refractivity contribution in [1.82, 2.24) is 10.7 Å². The number of aromatic amines is 1. The Morgan fingerprint density at radius 1 is 1.19 bits per heavy atom. The van der Waals surface area contributed by atoms with E-state index in [0.717, 1.165) is 34.7 Å². The molecule has 1 aliphatic heterocycles. The summed E-state index contributed by atoms with van der Waals surface area (Å²) < 4.78 is 11.8. The molecule has 0 fully saturated rings. The molecular weight excluding hydrogens is 400 g/mol. The lowest BCUT2D eigenvalue weighted by molar-refractivity contribution is -0.680. The maximum Gasteiger partial charge on any atom is 0.442 e. The minimum atomic E-state index is -0.458. The van der Waals surface area contributed by atoms with E-state index in [1.54, 1.807) is 7.11 Å². The zero-order valence-corrected chi connectivity index (χ0v) is 15.5. The van der Waals surface area contributed by atoms with Crippen LogP contribution >= 0.6 is 15.9 Å². The Morgan fingerprint density at radius 2 is 1.92 bits per heavy atom. The average molecular weight is 416 g/mol. The number of hydrogen-bond acceptors (Lipinski definition) is 5. The SMILES string of the molecule is COc1ccc(C2CC(c3ccc(-[n+]4[nH]oc(=O)c4Br)cc3)=NN2)cc1. The monoisotopic (exact) mass is 415 g/mol. The van der Waals surface area contributed by atoms with Crippen LogP contribution in [0.15, 0.2) is 67.6 Å². The summed E-state index contributed by atoms with van der Waals surface area (Å²) in [5, 5.41) is 7.02. The molecule has 26 heavy (non-hydrogen) atoms. The number of nitrogens with one attached hydrogen (secondary N) is 2. The Morgan fingerprint density at radius 3 is 2.54 bits per heavy atom. The molecule has 0 radical (unpaired) electrons. The van der Waals surface area contributed by atoms with Gasteiger partial charge in [0.2, 0.25) is 5.69 Å². The summed E-state index contributed by atoms with van der Waals surface area (Å²) in [5.41, 5.74) is 6.69. The van der Waals surface area contributed by atoms with Crippen molar-refractivity contribution in [3.63, 3.8) is 0 Å². The molecule has 0 saturated heterocycles. The average Bonchev–Trinajstić information content (AvgIpc) is 3.30. The molecule has 132 valence electrons. The van der Waals surface area contributed by atoms with E-state index in [-0.39, 0.29) is 6.04 Å². The number of aromatic nitrogens is 2. The van der Waals surface area contributed by atoms with E-state index in [0.29, 0.717) is 4.60 Å². The van der Waals surface area contributed by atoms with Crippen LogP contribution < -0.4 is 20.5 Å². The maximum atomic E-state index is 11.4. The zero-order chi connectivity index (χ0) is 18.1. The lowest BCUT2D eigenvalue weighted by Gasteiger charge is -2.10. The number of benzene rings is 2. The van der Waals surface area contributed by atoms with Crippen molar-refractivity contribution in [3.8, 4) is 11.4 Å². The zero-order valence-electron chi connectivity index (χ0n) is 13.9. The molecule has 2 aromatic carbocycles. The van der Waals surface area contributed by atoms with Crippen molar-refractivity contribution in [3.05, 3.63) is 74.7 Å². The molecule has 1 unspecified atom stereocenters. The number of rotatable bonds is 4. The smallest absolute Gasteiger partial charge is 0.442 e. The third-order valence-electron chi connectivity index (χ3n) is 4.32. The predicted molar refractivity (Wildman–Crippen MR) is 98.6 cm³/mol. The molecule has 0 bridgehead atoms. The first-order valence-corrected chi connectivity index (χ1v) is 8.81. The Kier molecular flexibility index (Phi) is 4.34. The summed E-state index contributed by atoms with van der Waals surface area (Å²) in [6.45, 7) is 0. The van der Waals surface area contributed by atoms with Crippen LogP contribution in [-0.2, 0) is 0 Å². The second kappa shape index (κ2) is 6.80. The highest BCUT2D eigenvalue weighted by molar-refractivity contribution is 9.10. The van der Waals surface area contributed by atoms with E-state index in [9.17, 15) is 4.79 Å². The van der Waals surface area contributed by atoms with Gasteiger partial charge in [0.05, 0.1) is 18.9 Å². The van der Waals surface area contributed by atoms with Crippen LogP contribution in [-0.4, -0.2) is 18.1 Å². The molecule has 2 N–H and O–H groups in total. The van der Waals surface area contributed by atoms with Gasteiger partial charge in [-0.2, -0.15) is 5.10 Å². The minimum Gasteiger partial charge on any atom is -0.497 e. The molecule has 0 saturated carbocycles. The van der Waals surface area contributed by atoms with E-state index < -0.39 is 5.63 Å². The van der Waals surface area contributed by atoms with Crippen molar-refractivity contribution in [2.45, 2.75) is 12.5 Å². The summed E-state index contributed by atoms with van der Waals surface area (Å²) in [6.07, 6.45) is 0.797. The van der Waals surface area contributed by atoms with Gasteiger partial charge in [-0.15, -0.1) is 0 Å². The molecule has 1 atom stereocenters. The molecule has 0 aliphatic carbocycles. The van der Waals surface area contributed by atoms with Crippen LogP contribution in [0.4, 0.5) is 0 Å². The Labute approximate surface area is 157 Å². The normalized spacial score (nSPS) is 16.2. The van der Waals surface area contributed by atoms with Crippen LogP contribution in [0.2, 0.25) is 0 Å².